The first kappa shape index (κ1) is 17.8. The van der Waals surface area contributed by atoms with Crippen LogP contribution < -0.4 is 16.0 Å². The van der Waals surface area contributed by atoms with E-state index in [1.165, 1.54) is 32.5 Å². The fourth-order valence-electron chi connectivity index (χ4n) is 3.05. The SMILES string of the molecule is CC(=O)Nc1ccc(NC(=O)c2cc(NC3CCCCC3)ncn2)cc1. The lowest BCUT2D eigenvalue weighted by Gasteiger charge is -2.23. The maximum atomic E-state index is 12.4. The zero-order chi connectivity index (χ0) is 18.4. The molecule has 1 heterocycles. The smallest absolute Gasteiger partial charge is 0.274 e. The van der Waals surface area contributed by atoms with Crippen molar-refractivity contribution in [1.29, 1.82) is 0 Å². The second kappa shape index (κ2) is 8.42. The Balaban J connectivity index is 1.62. The summed E-state index contributed by atoms with van der Waals surface area (Å²) in [5.74, 6) is 0.241. The van der Waals surface area contributed by atoms with Crippen molar-refractivity contribution in [2.75, 3.05) is 16.0 Å². The maximum absolute atomic E-state index is 12.4. The number of anilines is 3. The van der Waals surface area contributed by atoms with Crippen LogP contribution in [-0.2, 0) is 4.79 Å². The largest absolute Gasteiger partial charge is 0.367 e. The van der Waals surface area contributed by atoms with Crippen molar-refractivity contribution < 1.29 is 9.59 Å². The first-order valence-electron chi connectivity index (χ1n) is 8.88. The van der Waals surface area contributed by atoms with E-state index in [4.69, 9.17) is 0 Å². The summed E-state index contributed by atoms with van der Waals surface area (Å²) in [6, 6.07) is 9.00. The standard InChI is InChI=1S/C19H23N5O2/c1-13(25)22-15-7-9-16(10-8-15)24-19(26)17-11-18(21-12-20-17)23-14-5-3-2-4-6-14/h7-12,14H,2-6H2,1H3,(H,22,25)(H,24,26)(H,20,21,23). The van der Waals surface area contributed by atoms with Gasteiger partial charge in [-0.1, -0.05) is 19.3 Å². The summed E-state index contributed by atoms with van der Waals surface area (Å²) in [5.41, 5.74) is 1.62. The van der Waals surface area contributed by atoms with Gasteiger partial charge in [-0.05, 0) is 37.1 Å². The van der Waals surface area contributed by atoms with Crippen LogP contribution in [0.15, 0.2) is 36.7 Å². The Kier molecular flexibility index (Phi) is 5.78. The Morgan fingerprint density at radius 1 is 0.962 bits per heavy atom. The highest BCUT2D eigenvalue weighted by molar-refractivity contribution is 6.03. The molecule has 1 aliphatic carbocycles. The zero-order valence-corrected chi connectivity index (χ0v) is 14.8. The van der Waals surface area contributed by atoms with Crippen molar-refractivity contribution in [2.24, 2.45) is 0 Å². The minimum atomic E-state index is -0.300. The number of carbonyl (C=O) groups is 2. The highest BCUT2D eigenvalue weighted by Crippen LogP contribution is 2.21. The number of aromatic nitrogens is 2. The van der Waals surface area contributed by atoms with E-state index in [1.54, 1.807) is 30.3 Å². The van der Waals surface area contributed by atoms with Crippen LogP contribution in [0, 0.1) is 0 Å². The first-order chi connectivity index (χ1) is 12.6. The van der Waals surface area contributed by atoms with Crippen LogP contribution in [0.3, 0.4) is 0 Å². The molecule has 1 aliphatic rings. The minimum absolute atomic E-state index is 0.138. The number of benzene rings is 1. The molecule has 26 heavy (non-hydrogen) atoms. The van der Waals surface area contributed by atoms with Crippen LogP contribution in [-0.4, -0.2) is 27.8 Å². The zero-order valence-electron chi connectivity index (χ0n) is 14.8. The molecular formula is C19H23N5O2. The number of nitrogens with one attached hydrogen (secondary N) is 3. The molecule has 0 spiro atoms. The summed E-state index contributed by atoms with van der Waals surface area (Å²) in [5, 5.41) is 8.88. The molecule has 0 radical (unpaired) electrons. The average molecular weight is 353 g/mol. The van der Waals surface area contributed by atoms with E-state index in [-0.39, 0.29) is 11.8 Å². The first-order valence-corrected chi connectivity index (χ1v) is 8.88. The van der Waals surface area contributed by atoms with Crippen LogP contribution in [0.2, 0.25) is 0 Å². The molecule has 0 aliphatic heterocycles. The number of hydrogen-bond donors (Lipinski definition) is 3. The second-order valence-electron chi connectivity index (χ2n) is 6.48. The lowest BCUT2D eigenvalue weighted by Crippen LogP contribution is -2.23. The quantitative estimate of drug-likeness (QED) is 0.765. The molecule has 0 saturated heterocycles. The predicted molar refractivity (Wildman–Crippen MR) is 101 cm³/mol. The van der Waals surface area contributed by atoms with Gasteiger partial charge in [0.1, 0.15) is 17.8 Å². The van der Waals surface area contributed by atoms with Gasteiger partial charge in [0.15, 0.2) is 0 Å². The van der Waals surface area contributed by atoms with E-state index in [1.807, 2.05) is 0 Å². The van der Waals surface area contributed by atoms with Gasteiger partial charge in [-0.15, -0.1) is 0 Å². The molecule has 0 bridgehead atoms. The Bertz CT molecular complexity index is 770. The third kappa shape index (κ3) is 5.02. The van der Waals surface area contributed by atoms with Gasteiger partial charge in [-0.3, -0.25) is 9.59 Å². The van der Waals surface area contributed by atoms with Crippen LogP contribution >= 0.6 is 0 Å². The highest BCUT2D eigenvalue weighted by Gasteiger charge is 2.15. The number of hydrogen-bond acceptors (Lipinski definition) is 5. The van der Waals surface area contributed by atoms with E-state index < -0.39 is 0 Å². The van der Waals surface area contributed by atoms with Gasteiger partial charge in [-0.2, -0.15) is 0 Å². The Labute approximate surface area is 152 Å². The van der Waals surface area contributed by atoms with Crippen molar-refractivity contribution in [3.05, 3.63) is 42.4 Å². The summed E-state index contributed by atoms with van der Waals surface area (Å²) < 4.78 is 0. The molecule has 7 nitrogen and oxygen atoms in total. The van der Waals surface area contributed by atoms with Crippen molar-refractivity contribution in [2.45, 2.75) is 45.1 Å². The molecule has 7 heteroatoms. The number of amides is 2. The van der Waals surface area contributed by atoms with Gasteiger partial charge in [0, 0.05) is 30.4 Å². The lowest BCUT2D eigenvalue weighted by atomic mass is 9.95. The topological polar surface area (TPSA) is 96.0 Å². The molecule has 0 atom stereocenters. The van der Waals surface area contributed by atoms with Gasteiger partial charge in [0.2, 0.25) is 5.91 Å². The number of nitrogens with zero attached hydrogens (tertiary/aromatic N) is 2. The fraction of sp³-hybridized carbons (Fsp3) is 0.368. The molecule has 2 aromatic rings. The van der Waals surface area contributed by atoms with Gasteiger partial charge < -0.3 is 16.0 Å². The monoisotopic (exact) mass is 353 g/mol. The van der Waals surface area contributed by atoms with Crippen molar-refractivity contribution in [3.8, 4) is 0 Å². The molecule has 1 fully saturated rings. The average Bonchev–Trinajstić information content (AvgIpc) is 2.64. The van der Waals surface area contributed by atoms with Gasteiger partial charge in [0.05, 0.1) is 0 Å². The Morgan fingerprint density at radius 3 is 2.27 bits per heavy atom. The van der Waals surface area contributed by atoms with Crippen LogP contribution in [0.1, 0.15) is 49.5 Å². The maximum Gasteiger partial charge on any atom is 0.274 e. The minimum Gasteiger partial charge on any atom is -0.367 e. The third-order valence-corrected chi connectivity index (χ3v) is 4.32. The molecule has 3 N–H and O–H groups in total. The molecule has 2 amide bonds. The normalized spacial score (nSPS) is 14.5. The van der Waals surface area contributed by atoms with E-state index in [2.05, 4.69) is 25.9 Å². The summed E-state index contributed by atoms with van der Waals surface area (Å²) in [4.78, 5) is 31.7. The predicted octanol–water partition coefficient (Wildman–Crippen LogP) is 3.43. The molecule has 1 aromatic carbocycles. The van der Waals surface area contributed by atoms with E-state index in [0.717, 1.165) is 12.8 Å². The second-order valence-corrected chi connectivity index (χ2v) is 6.48. The molecular weight excluding hydrogens is 330 g/mol. The van der Waals surface area contributed by atoms with Crippen molar-refractivity contribution in [3.63, 3.8) is 0 Å². The Morgan fingerprint density at radius 2 is 1.62 bits per heavy atom. The van der Waals surface area contributed by atoms with Crippen LogP contribution in [0.4, 0.5) is 17.2 Å². The summed E-state index contributed by atoms with van der Waals surface area (Å²) in [6.07, 6.45) is 7.41. The van der Waals surface area contributed by atoms with E-state index in [9.17, 15) is 9.59 Å². The van der Waals surface area contributed by atoms with E-state index in [0.29, 0.717) is 28.9 Å². The van der Waals surface area contributed by atoms with Gasteiger partial charge in [0.25, 0.3) is 5.91 Å². The number of rotatable bonds is 5. The van der Waals surface area contributed by atoms with E-state index >= 15 is 0 Å². The van der Waals surface area contributed by atoms with Crippen molar-refractivity contribution in [1.82, 2.24) is 9.97 Å². The van der Waals surface area contributed by atoms with Gasteiger partial charge >= 0.3 is 0 Å². The summed E-state index contributed by atoms with van der Waals surface area (Å²) in [6.45, 7) is 1.45. The molecule has 3 rings (SSSR count). The van der Waals surface area contributed by atoms with Crippen LogP contribution in [0.25, 0.3) is 0 Å². The van der Waals surface area contributed by atoms with Crippen LogP contribution in [0.5, 0.6) is 0 Å². The highest BCUT2D eigenvalue weighted by atomic mass is 16.2. The van der Waals surface area contributed by atoms with Gasteiger partial charge in [-0.25, -0.2) is 9.97 Å². The number of carbonyl (C=O) groups excluding carboxylic acids is 2. The van der Waals surface area contributed by atoms with Crippen molar-refractivity contribution >= 4 is 29.0 Å². The summed E-state index contributed by atoms with van der Waals surface area (Å²) >= 11 is 0. The lowest BCUT2D eigenvalue weighted by molar-refractivity contribution is -0.114. The Hall–Kier alpha value is -2.96. The fourth-order valence-corrected chi connectivity index (χ4v) is 3.05. The third-order valence-electron chi connectivity index (χ3n) is 4.32. The molecule has 1 saturated carbocycles. The molecule has 1 aromatic heterocycles. The molecule has 0 unspecified atom stereocenters. The summed E-state index contributed by atoms with van der Waals surface area (Å²) in [7, 11) is 0. The molecule has 136 valence electrons.